The van der Waals surface area contributed by atoms with E-state index in [4.69, 9.17) is 0 Å². The molecule has 9 heteroatoms. The predicted octanol–water partition coefficient (Wildman–Crippen LogP) is 3.16. The summed E-state index contributed by atoms with van der Waals surface area (Å²) in [6.45, 7) is 4.47. The van der Waals surface area contributed by atoms with Crippen molar-refractivity contribution in [1.29, 1.82) is 0 Å². The summed E-state index contributed by atoms with van der Waals surface area (Å²) in [4.78, 5) is 30.9. The van der Waals surface area contributed by atoms with E-state index in [0.717, 1.165) is 25.9 Å². The smallest absolute Gasteiger partial charge is 0.321 e. The maximum atomic E-state index is 12.5. The van der Waals surface area contributed by atoms with E-state index in [1.807, 2.05) is 4.90 Å². The van der Waals surface area contributed by atoms with Gasteiger partial charge in [0.15, 0.2) is 0 Å². The highest BCUT2D eigenvalue weighted by atomic mass is 32.2. The van der Waals surface area contributed by atoms with Crippen LogP contribution < -0.4 is 5.32 Å². The van der Waals surface area contributed by atoms with Crippen LogP contribution in [0.3, 0.4) is 0 Å². The first-order valence-corrected chi connectivity index (χ1v) is 10.5. The van der Waals surface area contributed by atoms with E-state index < -0.39 is 5.76 Å². The van der Waals surface area contributed by atoms with Crippen molar-refractivity contribution < 1.29 is 18.4 Å². The number of carbonyl (C=O) groups excluding carboxylic acids is 2. The van der Waals surface area contributed by atoms with Crippen molar-refractivity contribution >= 4 is 29.4 Å². The molecular weight excluding hydrogens is 386 g/mol. The normalized spacial score (nSPS) is 18.4. The molecule has 2 saturated heterocycles. The van der Waals surface area contributed by atoms with Gasteiger partial charge in [-0.15, -0.1) is 0 Å². The van der Waals surface area contributed by atoms with Gasteiger partial charge in [-0.05, 0) is 37.5 Å². The molecule has 0 aliphatic carbocycles. The number of hydrogen-bond donors (Lipinski definition) is 1. The van der Waals surface area contributed by atoms with Crippen LogP contribution in [0.15, 0.2) is 29.2 Å². The first-order chi connectivity index (χ1) is 13.5. The van der Waals surface area contributed by atoms with Gasteiger partial charge in [0.25, 0.3) is 5.76 Å². The zero-order valence-electron chi connectivity index (χ0n) is 15.8. The van der Waals surface area contributed by atoms with Crippen LogP contribution in [0.2, 0.25) is 0 Å². The number of carbonyl (C=O) groups is 2. The summed E-state index contributed by atoms with van der Waals surface area (Å²) in [5, 5.41) is 2.77. The third-order valence-corrected chi connectivity index (χ3v) is 5.74. The van der Waals surface area contributed by atoms with Gasteiger partial charge in [0.05, 0.1) is 6.54 Å². The standard InChI is InChI=1S/C19H26F2N4O2S/c20-18(21)28-16-6-4-5-15(13-16)22-19(27)25-11-9-23(10-12-25)14-17(26)24-7-2-1-3-8-24/h4-6,13,18H,1-3,7-12,14H2,(H,22,27). The molecule has 3 rings (SSSR count). The van der Waals surface area contributed by atoms with Crippen molar-refractivity contribution in [1.82, 2.24) is 14.7 Å². The van der Waals surface area contributed by atoms with Crippen molar-refractivity contribution in [3.05, 3.63) is 24.3 Å². The zero-order chi connectivity index (χ0) is 19.9. The molecule has 1 aromatic carbocycles. The predicted molar refractivity (Wildman–Crippen MR) is 106 cm³/mol. The first kappa shape index (κ1) is 20.9. The number of benzene rings is 1. The van der Waals surface area contributed by atoms with E-state index in [1.165, 1.54) is 6.42 Å². The lowest BCUT2D eigenvalue weighted by Gasteiger charge is -2.36. The molecule has 1 aromatic rings. The maximum Gasteiger partial charge on any atom is 0.321 e. The lowest BCUT2D eigenvalue weighted by atomic mass is 10.1. The number of piperazine rings is 1. The zero-order valence-corrected chi connectivity index (χ0v) is 16.6. The SMILES string of the molecule is O=C(CN1CCN(C(=O)Nc2cccc(SC(F)F)c2)CC1)N1CCCCC1. The van der Waals surface area contributed by atoms with Crippen LogP contribution in [0.5, 0.6) is 0 Å². The highest BCUT2D eigenvalue weighted by Gasteiger charge is 2.25. The minimum Gasteiger partial charge on any atom is -0.342 e. The van der Waals surface area contributed by atoms with E-state index in [1.54, 1.807) is 29.2 Å². The van der Waals surface area contributed by atoms with E-state index in [-0.39, 0.29) is 11.9 Å². The number of likely N-dealkylation sites (tertiary alicyclic amines) is 1. The Morgan fingerprint density at radius 3 is 2.39 bits per heavy atom. The Balaban J connectivity index is 1.44. The molecule has 6 nitrogen and oxygen atoms in total. The number of thioether (sulfide) groups is 1. The quantitative estimate of drug-likeness (QED) is 0.755. The van der Waals surface area contributed by atoms with Gasteiger partial charge >= 0.3 is 6.03 Å². The van der Waals surface area contributed by atoms with Gasteiger partial charge in [-0.25, -0.2) is 4.79 Å². The van der Waals surface area contributed by atoms with Crippen molar-refractivity contribution in [3.63, 3.8) is 0 Å². The molecular formula is C19H26F2N4O2S. The highest BCUT2D eigenvalue weighted by Crippen LogP contribution is 2.27. The average molecular weight is 413 g/mol. The molecule has 0 aromatic heterocycles. The third kappa shape index (κ3) is 6.07. The molecule has 2 heterocycles. The van der Waals surface area contributed by atoms with E-state index in [2.05, 4.69) is 10.2 Å². The molecule has 0 unspecified atom stereocenters. The van der Waals surface area contributed by atoms with Crippen LogP contribution in [-0.4, -0.2) is 78.2 Å². The fourth-order valence-electron chi connectivity index (χ4n) is 3.50. The summed E-state index contributed by atoms with van der Waals surface area (Å²) < 4.78 is 25.0. The van der Waals surface area contributed by atoms with E-state index in [9.17, 15) is 18.4 Å². The molecule has 154 valence electrons. The average Bonchev–Trinajstić information content (AvgIpc) is 2.69. The van der Waals surface area contributed by atoms with Gasteiger partial charge in [0.1, 0.15) is 0 Å². The summed E-state index contributed by atoms with van der Waals surface area (Å²) in [6, 6.07) is 6.21. The number of hydrogen-bond acceptors (Lipinski definition) is 4. The summed E-state index contributed by atoms with van der Waals surface area (Å²) in [5.41, 5.74) is 0.498. The molecule has 0 saturated carbocycles. The van der Waals surface area contributed by atoms with Gasteiger partial charge in [-0.1, -0.05) is 17.8 Å². The first-order valence-electron chi connectivity index (χ1n) is 9.62. The van der Waals surface area contributed by atoms with Gasteiger partial charge in [-0.3, -0.25) is 9.69 Å². The molecule has 28 heavy (non-hydrogen) atoms. The molecule has 2 fully saturated rings. The fraction of sp³-hybridized carbons (Fsp3) is 0.579. The second-order valence-electron chi connectivity index (χ2n) is 7.04. The number of nitrogens with one attached hydrogen (secondary N) is 1. The van der Waals surface area contributed by atoms with Gasteiger partial charge in [-0.2, -0.15) is 8.78 Å². The largest absolute Gasteiger partial charge is 0.342 e. The van der Waals surface area contributed by atoms with Crippen LogP contribution in [0.4, 0.5) is 19.3 Å². The molecule has 0 atom stereocenters. The van der Waals surface area contributed by atoms with Crippen LogP contribution in [0.1, 0.15) is 19.3 Å². The molecule has 0 bridgehead atoms. The lowest BCUT2D eigenvalue weighted by molar-refractivity contribution is -0.133. The number of anilines is 1. The fourth-order valence-corrected chi connectivity index (χ4v) is 4.05. The minimum absolute atomic E-state index is 0.172. The van der Waals surface area contributed by atoms with Crippen molar-refractivity contribution in [2.45, 2.75) is 29.9 Å². The third-order valence-electron chi connectivity index (χ3n) is 5.04. The summed E-state index contributed by atoms with van der Waals surface area (Å²) in [5.74, 6) is -2.32. The summed E-state index contributed by atoms with van der Waals surface area (Å²) in [6.07, 6.45) is 3.36. The Kier molecular flexibility index (Phi) is 7.50. The van der Waals surface area contributed by atoms with Crippen molar-refractivity contribution in [2.24, 2.45) is 0 Å². The minimum atomic E-state index is -2.49. The van der Waals surface area contributed by atoms with Gasteiger partial charge < -0.3 is 15.1 Å². The van der Waals surface area contributed by atoms with E-state index in [0.29, 0.717) is 55.1 Å². The topological polar surface area (TPSA) is 55.9 Å². The number of urea groups is 1. The number of halogens is 2. The number of rotatable bonds is 5. The Morgan fingerprint density at radius 1 is 1.00 bits per heavy atom. The van der Waals surface area contributed by atoms with Gasteiger partial charge in [0.2, 0.25) is 5.91 Å². The Bertz CT molecular complexity index is 678. The van der Waals surface area contributed by atoms with Crippen molar-refractivity contribution in [3.8, 4) is 0 Å². The number of piperidine rings is 1. The van der Waals surface area contributed by atoms with Crippen LogP contribution in [0.25, 0.3) is 0 Å². The van der Waals surface area contributed by atoms with Crippen LogP contribution in [0, 0.1) is 0 Å². The highest BCUT2D eigenvalue weighted by molar-refractivity contribution is 7.99. The molecule has 1 N–H and O–H groups in total. The lowest BCUT2D eigenvalue weighted by Crippen LogP contribution is -2.52. The number of amides is 3. The molecule has 3 amide bonds. The van der Waals surface area contributed by atoms with E-state index >= 15 is 0 Å². The summed E-state index contributed by atoms with van der Waals surface area (Å²) in [7, 11) is 0. The second-order valence-corrected chi connectivity index (χ2v) is 8.10. The Labute approximate surface area is 168 Å². The number of nitrogens with zero attached hydrogens (tertiary/aromatic N) is 3. The number of alkyl halides is 2. The Morgan fingerprint density at radius 2 is 1.71 bits per heavy atom. The van der Waals surface area contributed by atoms with Crippen LogP contribution >= 0.6 is 11.8 Å². The monoisotopic (exact) mass is 412 g/mol. The second kappa shape index (κ2) is 10.1. The molecule has 0 spiro atoms. The van der Waals surface area contributed by atoms with Gasteiger partial charge in [0, 0.05) is 49.9 Å². The summed E-state index contributed by atoms with van der Waals surface area (Å²) >= 11 is 0.452. The molecule has 0 radical (unpaired) electrons. The van der Waals surface area contributed by atoms with Crippen molar-refractivity contribution in [2.75, 3.05) is 51.1 Å². The molecule has 2 aliphatic heterocycles. The molecule has 2 aliphatic rings. The van der Waals surface area contributed by atoms with Crippen LogP contribution in [-0.2, 0) is 4.79 Å². The Hall–Kier alpha value is -1.87. The maximum absolute atomic E-state index is 12.5.